The van der Waals surface area contributed by atoms with Crippen molar-refractivity contribution in [3.05, 3.63) is 30.3 Å². The van der Waals surface area contributed by atoms with E-state index < -0.39 is 0 Å². The van der Waals surface area contributed by atoms with Crippen molar-refractivity contribution in [1.82, 2.24) is 10.2 Å². The smallest absolute Gasteiger partial charge is 0.410 e. The van der Waals surface area contributed by atoms with Gasteiger partial charge in [-0.05, 0) is 30.9 Å². The Labute approximate surface area is 130 Å². The second-order valence-electron chi connectivity index (χ2n) is 5.35. The normalized spacial score (nSPS) is 15.4. The van der Waals surface area contributed by atoms with E-state index >= 15 is 0 Å². The van der Waals surface area contributed by atoms with E-state index in [2.05, 4.69) is 5.32 Å². The lowest BCUT2D eigenvalue weighted by atomic mass is 9.97. The van der Waals surface area contributed by atoms with Gasteiger partial charge in [0.2, 0.25) is 5.91 Å². The van der Waals surface area contributed by atoms with Crippen LogP contribution in [0.3, 0.4) is 0 Å². The molecule has 0 saturated carbocycles. The lowest BCUT2D eigenvalue weighted by Crippen LogP contribution is -2.43. The Balaban J connectivity index is 1.70. The lowest BCUT2D eigenvalue weighted by Gasteiger charge is -2.31. The summed E-state index contributed by atoms with van der Waals surface area (Å²) in [6.45, 7) is 2.01. The van der Waals surface area contributed by atoms with Gasteiger partial charge in [-0.2, -0.15) is 0 Å². The summed E-state index contributed by atoms with van der Waals surface area (Å²) in [4.78, 5) is 25.1. The van der Waals surface area contributed by atoms with Crippen LogP contribution in [0.15, 0.2) is 30.3 Å². The van der Waals surface area contributed by atoms with Gasteiger partial charge in [-0.15, -0.1) is 0 Å². The Morgan fingerprint density at radius 1 is 1.23 bits per heavy atom. The first-order valence-electron chi connectivity index (χ1n) is 7.46. The quantitative estimate of drug-likeness (QED) is 0.898. The molecule has 1 N–H and O–H groups in total. The van der Waals surface area contributed by atoms with Crippen molar-refractivity contribution in [2.75, 3.05) is 33.4 Å². The van der Waals surface area contributed by atoms with Crippen LogP contribution in [-0.4, -0.2) is 50.3 Å². The van der Waals surface area contributed by atoms with Gasteiger partial charge >= 0.3 is 6.09 Å². The van der Waals surface area contributed by atoms with E-state index in [4.69, 9.17) is 9.47 Å². The molecule has 0 aliphatic carbocycles. The van der Waals surface area contributed by atoms with Crippen LogP contribution in [-0.2, 0) is 9.53 Å². The highest BCUT2D eigenvalue weighted by atomic mass is 16.6. The average Bonchev–Trinajstić information content (AvgIpc) is 2.54. The number of methoxy groups -OCH3 is 1. The average molecular weight is 306 g/mol. The molecule has 0 aromatic heterocycles. The van der Waals surface area contributed by atoms with Crippen molar-refractivity contribution >= 4 is 12.0 Å². The first kappa shape index (κ1) is 16.3. The van der Waals surface area contributed by atoms with Crippen LogP contribution in [0.1, 0.15) is 12.8 Å². The van der Waals surface area contributed by atoms with Crippen molar-refractivity contribution < 1.29 is 19.1 Å². The first-order chi connectivity index (χ1) is 10.7. The van der Waals surface area contributed by atoms with Gasteiger partial charge in [0, 0.05) is 26.7 Å². The van der Waals surface area contributed by atoms with Crippen molar-refractivity contribution in [3.63, 3.8) is 0 Å². The predicted molar refractivity (Wildman–Crippen MR) is 81.6 cm³/mol. The number of likely N-dealkylation sites (tertiary alicyclic amines) is 1. The molecule has 2 amide bonds. The Morgan fingerprint density at radius 3 is 2.55 bits per heavy atom. The third-order valence-electron chi connectivity index (χ3n) is 3.68. The van der Waals surface area contributed by atoms with Crippen molar-refractivity contribution in [2.24, 2.45) is 5.92 Å². The number of ether oxygens (including phenoxy) is 2. The van der Waals surface area contributed by atoms with Crippen LogP contribution in [0.5, 0.6) is 5.75 Å². The third-order valence-corrected chi connectivity index (χ3v) is 3.68. The zero-order valence-electron chi connectivity index (χ0n) is 12.8. The first-order valence-corrected chi connectivity index (χ1v) is 7.46. The Hall–Kier alpha value is -2.08. The van der Waals surface area contributed by atoms with Crippen LogP contribution < -0.4 is 10.1 Å². The van der Waals surface area contributed by atoms with E-state index in [0.717, 1.165) is 12.8 Å². The summed E-state index contributed by atoms with van der Waals surface area (Å²) in [6.07, 6.45) is 1.40. The van der Waals surface area contributed by atoms with Gasteiger partial charge in [0.05, 0.1) is 0 Å². The minimum absolute atomic E-state index is 0.0856. The maximum absolute atomic E-state index is 12.0. The van der Waals surface area contributed by atoms with Crippen LogP contribution in [0.2, 0.25) is 0 Å². The molecule has 6 nitrogen and oxygen atoms in total. The molecule has 1 fully saturated rings. The van der Waals surface area contributed by atoms with E-state index in [1.165, 1.54) is 7.11 Å². The van der Waals surface area contributed by atoms with Crippen LogP contribution >= 0.6 is 0 Å². The van der Waals surface area contributed by atoms with Gasteiger partial charge in [0.15, 0.2) is 0 Å². The number of hydrogen-bond donors (Lipinski definition) is 1. The highest BCUT2D eigenvalue weighted by molar-refractivity contribution is 5.77. The second kappa shape index (κ2) is 8.38. The number of nitrogens with one attached hydrogen (secondary N) is 1. The standard InChI is InChI=1S/C16H22N2O4/c1-21-12-15(19)17-11-13-7-9-18(10-8-13)16(20)22-14-5-3-2-4-6-14/h2-6,13H,7-12H2,1H3,(H,17,19). The van der Waals surface area contributed by atoms with Gasteiger partial charge in [-0.25, -0.2) is 4.79 Å². The molecule has 6 heteroatoms. The number of hydrogen-bond acceptors (Lipinski definition) is 4. The molecule has 0 bridgehead atoms. The molecule has 0 spiro atoms. The van der Waals surface area contributed by atoms with Gasteiger partial charge in [0.1, 0.15) is 12.4 Å². The Morgan fingerprint density at radius 2 is 1.91 bits per heavy atom. The number of amides is 2. The molecular formula is C16H22N2O4. The van der Waals surface area contributed by atoms with Crippen LogP contribution in [0.25, 0.3) is 0 Å². The topological polar surface area (TPSA) is 67.9 Å². The van der Waals surface area contributed by atoms with E-state index in [-0.39, 0.29) is 18.6 Å². The maximum Gasteiger partial charge on any atom is 0.415 e. The van der Waals surface area contributed by atoms with E-state index in [0.29, 0.717) is 31.3 Å². The van der Waals surface area contributed by atoms with Gasteiger partial charge in [-0.3, -0.25) is 4.79 Å². The highest BCUT2D eigenvalue weighted by Gasteiger charge is 2.24. The third kappa shape index (κ3) is 5.04. The number of carbonyl (C=O) groups is 2. The van der Waals surface area contributed by atoms with E-state index in [1.807, 2.05) is 18.2 Å². The van der Waals surface area contributed by atoms with Crippen molar-refractivity contribution in [1.29, 1.82) is 0 Å². The fourth-order valence-electron chi connectivity index (χ4n) is 2.41. The van der Waals surface area contributed by atoms with Crippen molar-refractivity contribution in [3.8, 4) is 5.75 Å². The molecule has 1 aromatic carbocycles. The van der Waals surface area contributed by atoms with Crippen LogP contribution in [0.4, 0.5) is 4.79 Å². The van der Waals surface area contributed by atoms with Crippen molar-refractivity contribution in [2.45, 2.75) is 12.8 Å². The molecule has 2 rings (SSSR count). The molecule has 0 unspecified atom stereocenters. The number of rotatable bonds is 5. The fraction of sp³-hybridized carbons (Fsp3) is 0.500. The fourth-order valence-corrected chi connectivity index (χ4v) is 2.41. The SMILES string of the molecule is COCC(=O)NCC1CCN(C(=O)Oc2ccccc2)CC1. The van der Waals surface area contributed by atoms with Gasteiger partial charge in [-0.1, -0.05) is 18.2 Å². The Kier molecular flexibility index (Phi) is 6.21. The van der Waals surface area contributed by atoms with Gasteiger partial charge < -0.3 is 19.7 Å². The number of carbonyl (C=O) groups excluding carboxylic acids is 2. The number of benzene rings is 1. The molecule has 120 valence electrons. The van der Waals surface area contributed by atoms with E-state index in [1.54, 1.807) is 17.0 Å². The molecule has 22 heavy (non-hydrogen) atoms. The second-order valence-corrected chi connectivity index (χ2v) is 5.35. The lowest BCUT2D eigenvalue weighted by molar-refractivity contribution is -0.125. The van der Waals surface area contributed by atoms with Gasteiger partial charge in [0.25, 0.3) is 0 Å². The monoisotopic (exact) mass is 306 g/mol. The number of piperidine rings is 1. The summed E-state index contributed by atoms with van der Waals surface area (Å²) >= 11 is 0. The summed E-state index contributed by atoms with van der Waals surface area (Å²) in [7, 11) is 1.50. The largest absolute Gasteiger partial charge is 0.415 e. The molecule has 1 aliphatic rings. The molecule has 1 aliphatic heterocycles. The number of nitrogens with zero attached hydrogens (tertiary/aromatic N) is 1. The summed E-state index contributed by atoms with van der Waals surface area (Å²) in [5.74, 6) is 0.844. The predicted octanol–water partition coefficient (Wildman–Crippen LogP) is 1.66. The summed E-state index contributed by atoms with van der Waals surface area (Å²) < 4.78 is 10.1. The zero-order chi connectivity index (χ0) is 15.8. The molecule has 1 saturated heterocycles. The zero-order valence-corrected chi connectivity index (χ0v) is 12.8. The van der Waals surface area contributed by atoms with E-state index in [9.17, 15) is 9.59 Å². The molecule has 0 radical (unpaired) electrons. The number of para-hydroxylation sites is 1. The summed E-state index contributed by atoms with van der Waals surface area (Å²) in [6, 6.07) is 9.06. The van der Waals surface area contributed by atoms with Crippen LogP contribution in [0, 0.1) is 5.92 Å². The summed E-state index contributed by atoms with van der Waals surface area (Å²) in [5, 5.41) is 2.84. The molecule has 1 heterocycles. The molecule has 0 atom stereocenters. The molecular weight excluding hydrogens is 284 g/mol. The minimum atomic E-state index is -0.312. The molecule has 1 aromatic rings. The Bertz CT molecular complexity index is 484. The summed E-state index contributed by atoms with van der Waals surface area (Å²) in [5.41, 5.74) is 0. The maximum atomic E-state index is 12.0. The minimum Gasteiger partial charge on any atom is -0.410 e. The highest BCUT2D eigenvalue weighted by Crippen LogP contribution is 2.18.